The quantitative estimate of drug-likeness (QED) is 0.668. The maximum absolute atomic E-state index is 13.6. The van der Waals surface area contributed by atoms with Crippen LogP contribution in [0.2, 0.25) is 0 Å². The van der Waals surface area contributed by atoms with Gasteiger partial charge in [0.25, 0.3) is 5.69 Å². The first-order valence-electron chi connectivity index (χ1n) is 5.55. The lowest BCUT2D eigenvalue weighted by molar-refractivity contribution is -0.385. The SMILES string of the molecule is O=[N+]([O-])c1cc(F)c(NC2CCOCC2)c(F)c1. The first-order valence-corrected chi connectivity index (χ1v) is 5.55. The van der Waals surface area contributed by atoms with Gasteiger partial charge in [-0.3, -0.25) is 10.1 Å². The molecule has 1 heterocycles. The Hall–Kier alpha value is -1.76. The molecule has 0 spiro atoms. The lowest BCUT2D eigenvalue weighted by Gasteiger charge is -2.24. The summed E-state index contributed by atoms with van der Waals surface area (Å²) in [4.78, 5) is 9.61. The van der Waals surface area contributed by atoms with Crippen LogP contribution >= 0.6 is 0 Å². The molecular formula is C11H12F2N2O3. The number of hydrogen-bond acceptors (Lipinski definition) is 4. The fraction of sp³-hybridized carbons (Fsp3) is 0.455. The molecule has 7 heteroatoms. The molecule has 1 aromatic rings. The van der Waals surface area contributed by atoms with Crippen LogP contribution in [0, 0.1) is 21.7 Å². The van der Waals surface area contributed by atoms with E-state index in [-0.39, 0.29) is 11.7 Å². The second kappa shape index (κ2) is 5.26. The van der Waals surface area contributed by atoms with E-state index in [4.69, 9.17) is 4.74 Å². The van der Waals surface area contributed by atoms with E-state index in [2.05, 4.69) is 5.32 Å². The van der Waals surface area contributed by atoms with Crippen LogP contribution in [0.3, 0.4) is 0 Å². The number of nitrogens with one attached hydrogen (secondary N) is 1. The number of anilines is 1. The summed E-state index contributed by atoms with van der Waals surface area (Å²) >= 11 is 0. The van der Waals surface area contributed by atoms with Crippen molar-refractivity contribution in [3.05, 3.63) is 33.9 Å². The Morgan fingerprint density at radius 2 is 1.83 bits per heavy atom. The Labute approximate surface area is 102 Å². The van der Waals surface area contributed by atoms with E-state index in [1.165, 1.54) is 0 Å². The standard InChI is InChI=1S/C11H12F2N2O3/c12-9-5-8(15(16)17)6-10(13)11(9)14-7-1-3-18-4-2-7/h5-7,14H,1-4H2. The first kappa shape index (κ1) is 12.7. The van der Waals surface area contributed by atoms with E-state index in [0.717, 1.165) is 0 Å². The van der Waals surface area contributed by atoms with Crippen molar-refractivity contribution in [2.45, 2.75) is 18.9 Å². The molecule has 0 atom stereocenters. The van der Waals surface area contributed by atoms with Crippen molar-refractivity contribution in [1.82, 2.24) is 0 Å². The predicted octanol–water partition coefficient (Wildman–Crippen LogP) is 2.46. The van der Waals surface area contributed by atoms with Gasteiger partial charge in [-0.15, -0.1) is 0 Å². The third-order valence-electron chi connectivity index (χ3n) is 2.81. The Morgan fingerprint density at radius 1 is 1.28 bits per heavy atom. The fourth-order valence-electron chi connectivity index (χ4n) is 1.85. The van der Waals surface area contributed by atoms with Gasteiger partial charge in [-0.25, -0.2) is 8.78 Å². The fourth-order valence-corrected chi connectivity index (χ4v) is 1.85. The second-order valence-electron chi connectivity index (χ2n) is 4.07. The molecule has 1 aliphatic rings. The van der Waals surface area contributed by atoms with E-state index < -0.39 is 22.2 Å². The van der Waals surface area contributed by atoms with E-state index in [1.54, 1.807) is 0 Å². The first-order chi connectivity index (χ1) is 8.58. The molecule has 1 saturated heterocycles. The van der Waals surface area contributed by atoms with Crippen molar-refractivity contribution in [1.29, 1.82) is 0 Å². The largest absolute Gasteiger partial charge is 0.381 e. The van der Waals surface area contributed by atoms with Gasteiger partial charge in [0.2, 0.25) is 0 Å². The highest BCUT2D eigenvalue weighted by Crippen LogP contribution is 2.26. The van der Waals surface area contributed by atoms with E-state index in [1.807, 2.05) is 0 Å². The molecule has 98 valence electrons. The summed E-state index contributed by atoms with van der Waals surface area (Å²) in [5.74, 6) is -1.90. The highest BCUT2D eigenvalue weighted by atomic mass is 19.1. The van der Waals surface area contributed by atoms with E-state index in [0.29, 0.717) is 38.2 Å². The lowest BCUT2D eigenvalue weighted by Crippen LogP contribution is -2.28. The van der Waals surface area contributed by atoms with Gasteiger partial charge in [0.1, 0.15) is 5.69 Å². The normalized spacial score (nSPS) is 16.6. The van der Waals surface area contributed by atoms with Crippen LogP contribution in [0.1, 0.15) is 12.8 Å². The number of benzene rings is 1. The second-order valence-corrected chi connectivity index (χ2v) is 4.07. The lowest BCUT2D eigenvalue weighted by atomic mass is 10.1. The Balaban J connectivity index is 2.19. The molecule has 0 amide bonds. The molecule has 1 aromatic carbocycles. The van der Waals surface area contributed by atoms with Crippen molar-refractivity contribution < 1.29 is 18.4 Å². The predicted molar refractivity (Wildman–Crippen MR) is 60.5 cm³/mol. The Kier molecular flexibility index (Phi) is 3.71. The number of non-ortho nitro benzene ring substituents is 1. The molecule has 0 unspecified atom stereocenters. The molecule has 0 aliphatic carbocycles. The molecule has 0 bridgehead atoms. The maximum atomic E-state index is 13.6. The van der Waals surface area contributed by atoms with Crippen molar-refractivity contribution in [3.8, 4) is 0 Å². The minimum absolute atomic E-state index is 0.0794. The average Bonchev–Trinajstić information content (AvgIpc) is 2.34. The highest BCUT2D eigenvalue weighted by molar-refractivity contribution is 5.52. The number of ether oxygens (including phenoxy) is 1. The van der Waals surface area contributed by atoms with Crippen LogP contribution < -0.4 is 5.32 Å². The average molecular weight is 258 g/mol. The number of rotatable bonds is 3. The van der Waals surface area contributed by atoms with Crippen LogP contribution in [-0.2, 0) is 4.74 Å². The van der Waals surface area contributed by atoms with E-state index in [9.17, 15) is 18.9 Å². The monoisotopic (exact) mass is 258 g/mol. The molecule has 2 rings (SSSR count). The zero-order valence-corrected chi connectivity index (χ0v) is 9.49. The summed E-state index contributed by atoms with van der Waals surface area (Å²) in [6.07, 6.45) is 1.30. The van der Waals surface area contributed by atoms with Gasteiger partial charge < -0.3 is 10.1 Å². The number of hydrogen-bond donors (Lipinski definition) is 1. The van der Waals surface area contributed by atoms with Gasteiger partial charge in [0, 0.05) is 19.3 Å². The van der Waals surface area contributed by atoms with Crippen molar-refractivity contribution in [2.75, 3.05) is 18.5 Å². The number of nitro benzene ring substituents is 1. The summed E-state index contributed by atoms with van der Waals surface area (Å²) in [5, 5.41) is 13.2. The third-order valence-corrected chi connectivity index (χ3v) is 2.81. The summed E-state index contributed by atoms with van der Waals surface area (Å²) in [5.41, 5.74) is -0.907. The summed E-state index contributed by atoms with van der Waals surface area (Å²) in [7, 11) is 0. The number of halogens is 2. The van der Waals surface area contributed by atoms with Gasteiger partial charge in [0.15, 0.2) is 11.6 Å². The van der Waals surface area contributed by atoms with Crippen LogP contribution in [0.15, 0.2) is 12.1 Å². The zero-order valence-electron chi connectivity index (χ0n) is 9.49. The highest BCUT2D eigenvalue weighted by Gasteiger charge is 2.20. The molecule has 0 saturated carbocycles. The summed E-state index contributed by atoms with van der Waals surface area (Å²) < 4.78 is 32.3. The third kappa shape index (κ3) is 2.73. The molecule has 1 aliphatic heterocycles. The molecule has 1 fully saturated rings. The molecule has 1 N–H and O–H groups in total. The van der Waals surface area contributed by atoms with Gasteiger partial charge in [0.05, 0.1) is 17.1 Å². The van der Waals surface area contributed by atoms with Crippen LogP contribution in [0.5, 0.6) is 0 Å². The molecule has 0 radical (unpaired) electrons. The minimum atomic E-state index is -0.951. The molecule has 5 nitrogen and oxygen atoms in total. The van der Waals surface area contributed by atoms with E-state index >= 15 is 0 Å². The maximum Gasteiger partial charge on any atom is 0.275 e. The minimum Gasteiger partial charge on any atom is -0.381 e. The van der Waals surface area contributed by atoms with Crippen LogP contribution in [-0.4, -0.2) is 24.2 Å². The molecule has 18 heavy (non-hydrogen) atoms. The molecular weight excluding hydrogens is 246 g/mol. The number of nitro groups is 1. The van der Waals surface area contributed by atoms with Crippen molar-refractivity contribution >= 4 is 11.4 Å². The van der Waals surface area contributed by atoms with Crippen LogP contribution in [0.4, 0.5) is 20.2 Å². The Bertz CT molecular complexity index is 439. The van der Waals surface area contributed by atoms with Crippen molar-refractivity contribution in [2.24, 2.45) is 0 Å². The van der Waals surface area contributed by atoms with Gasteiger partial charge in [-0.2, -0.15) is 0 Å². The summed E-state index contributed by atoms with van der Waals surface area (Å²) in [6.45, 7) is 1.07. The number of nitrogens with zero attached hydrogens (tertiary/aromatic N) is 1. The Morgan fingerprint density at radius 3 is 2.33 bits per heavy atom. The zero-order chi connectivity index (χ0) is 13.1. The van der Waals surface area contributed by atoms with Gasteiger partial charge >= 0.3 is 0 Å². The molecule has 0 aromatic heterocycles. The smallest absolute Gasteiger partial charge is 0.275 e. The van der Waals surface area contributed by atoms with Gasteiger partial charge in [-0.05, 0) is 12.8 Å². The van der Waals surface area contributed by atoms with Crippen LogP contribution in [0.25, 0.3) is 0 Å². The van der Waals surface area contributed by atoms with Gasteiger partial charge in [-0.1, -0.05) is 0 Å². The van der Waals surface area contributed by atoms with Crippen molar-refractivity contribution in [3.63, 3.8) is 0 Å². The topological polar surface area (TPSA) is 64.4 Å². The summed E-state index contributed by atoms with van der Waals surface area (Å²) in [6, 6.07) is 1.35.